The molecule has 2 aromatic carbocycles. The first-order valence-electron chi connectivity index (χ1n) is 8.42. The average Bonchev–Trinajstić information content (AvgIpc) is 3.12. The van der Waals surface area contributed by atoms with Crippen molar-refractivity contribution in [2.45, 2.75) is 26.6 Å². The van der Waals surface area contributed by atoms with Crippen molar-refractivity contribution >= 4 is 5.97 Å². The van der Waals surface area contributed by atoms with E-state index in [4.69, 9.17) is 23.7 Å². The van der Waals surface area contributed by atoms with Gasteiger partial charge in [0.1, 0.15) is 18.1 Å². The van der Waals surface area contributed by atoms with Crippen LogP contribution in [0.2, 0.25) is 0 Å². The molecule has 1 heterocycles. The van der Waals surface area contributed by atoms with Crippen LogP contribution >= 0.6 is 0 Å². The molecule has 6 heteroatoms. The molecule has 0 fully saturated rings. The van der Waals surface area contributed by atoms with Crippen LogP contribution in [0, 0.1) is 5.92 Å². The zero-order chi connectivity index (χ0) is 18.5. The predicted molar refractivity (Wildman–Crippen MR) is 94.6 cm³/mol. The molecule has 0 saturated carbocycles. The second kappa shape index (κ2) is 7.99. The number of hydrogen-bond acceptors (Lipinski definition) is 6. The molecule has 0 bridgehead atoms. The summed E-state index contributed by atoms with van der Waals surface area (Å²) in [5.41, 5.74) is 0.828. The van der Waals surface area contributed by atoms with E-state index in [0.29, 0.717) is 17.2 Å². The van der Waals surface area contributed by atoms with Gasteiger partial charge in [0, 0.05) is 5.92 Å². The van der Waals surface area contributed by atoms with Crippen molar-refractivity contribution in [3.63, 3.8) is 0 Å². The van der Waals surface area contributed by atoms with Gasteiger partial charge in [-0.2, -0.15) is 0 Å². The van der Waals surface area contributed by atoms with Crippen LogP contribution in [-0.4, -0.2) is 26.0 Å². The molecular weight excluding hydrogens is 336 g/mol. The Morgan fingerprint density at radius 3 is 2.42 bits per heavy atom. The van der Waals surface area contributed by atoms with E-state index in [1.807, 2.05) is 26.0 Å². The minimum Gasteiger partial charge on any atom is -0.497 e. The molecule has 0 aromatic heterocycles. The number of benzene rings is 2. The van der Waals surface area contributed by atoms with Gasteiger partial charge in [0.25, 0.3) is 0 Å². The van der Waals surface area contributed by atoms with Crippen molar-refractivity contribution < 1.29 is 28.5 Å². The third-order valence-corrected chi connectivity index (χ3v) is 3.98. The Morgan fingerprint density at radius 1 is 1.04 bits per heavy atom. The number of fused-ring (bicyclic) bond motifs is 1. The summed E-state index contributed by atoms with van der Waals surface area (Å²) in [6.07, 6.45) is -0.697. The second-order valence-electron chi connectivity index (χ2n) is 6.25. The fourth-order valence-corrected chi connectivity index (χ4v) is 2.52. The van der Waals surface area contributed by atoms with Crippen LogP contribution in [0.1, 0.15) is 19.4 Å². The van der Waals surface area contributed by atoms with Gasteiger partial charge >= 0.3 is 5.97 Å². The van der Waals surface area contributed by atoms with E-state index < -0.39 is 12.1 Å². The van der Waals surface area contributed by atoms with E-state index >= 15 is 0 Å². The molecule has 6 nitrogen and oxygen atoms in total. The lowest BCUT2D eigenvalue weighted by molar-refractivity contribution is -0.155. The molecule has 0 aliphatic carbocycles. The molecule has 138 valence electrons. The molecule has 2 aromatic rings. The van der Waals surface area contributed by atoms with Crippen LogP contribution in [-0.2, 0) is 16.1 Å². The Bertz CT molecular complexity index is 753. The molecule has 1 aliphatic rings. The quantitative estimate of drug-likeness (QED) is 0.705. The van der Waals surface area contributed by atoms with Crippen molar-refractivity contribution in [2.24, 2.45) is 5.92 Å². The van der Waals surface area contributed by atoms with Crippen molar-refractivity contribution in [1.29, 1.82) is 0 Å². The number of esters is 1. The van der Waals surface area contributed by atoms with Crippen LogP contribution in [0.5, 0.6) is 23.0 Å². The predicted octanol–water partition coefficient (Wildman–Crippen LogP) is 3.57. The minimum absolute atomic E-state index is 0.0404. The molecule has 0 radical (unpaired) electrons. The summed E-state index contributed by atoms with van der Waals surface area (Å²) in [4.78, 5) is 12.5. The number of ether oxygens (including phenoxy) is 5. The normalized spacial score (nSPS) is 13.4. The molecular formula is C20H22O6. The van der Waals surface area contributed by atoms with Gasteiger partial charge in [-0.25, -0.2) is 4.79 Å². The molecule has 3 rings (SSSR count). The number of rotatable bonds is 7. The highest BCUT2D eigenvalue weighted by molar-refractivity contribution is 5.75. The van der Waals surface area contributed by atoms with Gasteiger partial charge in [0.05, 0.1) is 7.11 Å². The molecule has 1 atom stereocenters. The lowest BCUT2D eigenvalue weighted by Gasteiger charge is -2.21. The number of methoxy groups -OCH3 is 1. The van der Waals surface area contributed by atoms with E-state index in [1.165, 1.54) is 0 Å². The zero-order valence-electron chi connectivity index (χ0n) is 15.1. The monoisotopic (exact) mass is 358 g/mol. The van der Waals surface area contributed by atoms with Gasteiger partial charge in [0.2, 0.25) is 6.79 Å². The van der Waals surface area contributed by atoms with Gasteiger partial charge in [0.15, 0.2) is 17.6 Å². The molecule has 0 saturated heterocycles. The summed E-state index contributed by atoms with van der Waals surface area (Å²) >= 11 is 0. The largest absolute Gasteiger partial charge is 0.497 e. The van der Waals surface area contributed by atoms with Crippen molar-refractivity contribution in [3.05, 3.63) is 48.0 Å². The average molecular weight is 358 g/mol. The molecule has 0 N–H and O–H groups in total. The summed E-state index contributed by atoms with van der Waals surface area (Å²) < 4.78 is 27.0. The first-order chi connectivity index (χ1) is 12.6. The summed E-state index contributed by atoms with van der Waals surface area (Å²) in [5, 5.41) is 0. The number of carbonyl (C=O) groups is 1. The third-order valence-electron chi connectivity index (χ3n) is 3.98. The highest BCUT2D eigenvalue weighted by Crippen LogP contribution is 2.32. The van der Waals surface area contributed by atoms with Crippen molar-refractivity contribution in [2.75, 3.05) is 13.9 Å². The Morgan fingerprint density at radius 2 is 1.73 bits per heavy atom. The van der Waals surface area contributed by atoms with Crippen LogP contribution < -0.4 is 18.9 Å². The van der Waals surface area contributed by atoms with E-state index in [-0.39, 0.29) is 19.3 Å². The summed E-state index contributed by atoms with van der Waals surface area (Å²) in [6.45, 7) is 4.18. The van der Waals surface area contributed by atoms with Crippen LogP contribution in [0.3, 0.4) is 0 Å². The number of hydrogen-bond donors (Lipinski definition) is 0. The van der Waals surface area contributed by atoms with E-state index in [9.17, 15) is 4.79 Å². The topological polar surface area (TPSA) is 63.2 Å². The minimum atomic E-state index is -0.697. The molecule has 26 heavy (non-hydrogen) atoms. The smallest absolute Gasteiger partial charge is 0.347 e. The Hall–Kier alpha value is -2.89. The third kappa shape index (κ3) is 4.20. The van der Waals surface area contributed by atoms with Crippen LogP contribution in [0.15, 0.2) is 42.5 Å². The lowest BCUT2D eigenvalue weighted by Crippen LogP contribution is -2.34. The van der Waals surface area contributed by atoms with Gasteiger partial charge in [-0.15, -0.1) is 0 Å². The van der Waals surface area contributed by atoms with Gasteiger partial charge in [-0.3, -0.25) is 0 Å². The highest BCUT2D eigenvalue weighted by Gasteiger charge is 2.26. The van der Waals surface area contributed by atoms with Gasteiger partial charge in [-0.1, -0.05) is 19.9 Å². The molecule has 0 amide bonds. The Kier molecular flexibility index (Phi) is 5.51. The van der Waals surface area contributed by atoms with Gasteiger partial charge in [-0.05, 0) is 42.0 Å². The lowest BCUT2D eigenvalue weighted by atomic mass is 10.1. The maximum atomic E-state index is 12.5. The maximum Gasteiger partial charge on any atom is 0.347 e. The Labute approximate surface area is 152 Å². The Balaban J connectivity index is 1.61. The van der Waals surface area contributed by atoms with E-state index in [2.05, 4.69) is 0 Å². The van der Waals surface area contributed by atoms with Crippen LogP contribution in [0.4, 0.5) is 0 Å². The fourth-order valence-electron chi connectivity index (χ4n) is 2.52. The first kappa shape index (κ1) is 17.9. The maximum absolute atomic E-state index is 12.5. The highest BCUT2D eigenvalue weighted by atomic mass is 16.7. The SMILES string of the molecule is COc1ccc(OC(C(=O)OCc2ccc3c(c2)OCO3)C(C)C)cc1. The standard InChI is InChI=1S/C20H22O6/c1-13(2)19(26-16-7-5-15(22-3)6-8-16)20(21)23-11-14-4-9-17-18(10-14)25-12-24-17/h4-10,13,19H,11-12H2,1-3H3. The molecule has 0 spiro atoms. The second-order valence-corrected chi connectivity index (χ2v) is 6.25. The first-order valence-corrected chi connectivity index (χ1v) is 8.42. The van der Waals surface area contributed by atoms with Crippen molar-refractivity contribution in [1.82, 2.24) is 0 Å². The fraction of sp³-hybridized carbons (Fsp3) is 0.350. The molecule has 1 unspecified atom stereocenters. The number of carbonyl (C=O) groups excluding carboxylic acids is 1. The molecule has 1 aliphatic heterocycles. The van der Waals surface area contributed by atoms with Gasteiger partial charge < -0.3 is 23.7 Å². The summed E-state index contributed by atoms with van der Waals surface area (Å²) in [7, 11) is 1.60. The zero-order valence-corrected chi connectivity index (χ0v) is 15.1. The van der Waals surface area contributed by atoms with E-state index in [0.717, 1.165) is 11.3 Å². The van der Waals surface area contributed by atoms with Crippen molar-refractivity contribution in [3.8, 4) is 23.0 Å². The van der Waals surface area contributed by atoms with Crippen LogP contribution in [0.25, 0.3) is 0 Å². The summed E-state index contributed by atoms with van der Waals surface area (Å²) in [5.74, 6) is 2.22. The van der Waals surface area contributed by atoms with E-state index in [1.54, 1.807) is 37.4 Å². The summed E-state index contributed by atoms with van der Waals surface area (Å²) in [6, 6.07) is 12.5.